The van der Waals surface area contributed by atoms with E-state index < -0.39 is 11.6 Å². The lowest BCUT2D eigenvalue weighted by atomic mass is 9.98. The minimum absolute atomic E-state index is 0.0910. The van der Waals surface area contributed by atoms with Crippen molar-refractivity contribution < 1.29 is 14.6 Å². The number of nitrogens with two attached hydrogens (primary N) is 2. The molecule has 0 amide bonds. The number of hydrogen-bond donors (Lipinski definition) is 3. The fraction of sp³-hybridized carbons (Fsp3) is 0.389. The summed E-state index contributed by atoms with van der Waals surface area (Å²) in [6, 6.07) is 7.03. The third kappa shape index (κ3) is 3.55. The zero-order valence-corrected chi connectivity index (χ0v) is 14.9. The van der Waals surface area contributed by atoms with Crippen molar-refractivity contribution in [2.75, 3.05) is 24.6 Å². The highest BCUT2D eigenvalue weighted by atomic mass is 16.5. The number of ether oxygens (including phenoxy) is 1. The molecule has 1 aromatic heterocycles. The molecule has 1 aromatic carbocycles. The van der Waals surface area contributed by atoms with Gasteiger partial charge in [0.2, 0.25) is 11.8 Å². The molecule has 0 fully saturated rings. The Balaban J connectivity index is 1.77. The molecule has 138 valence electrons. The number of carbonyl (C=O) groups is 1. The smallest absolute Gasteiger partial charge is 0.336 e. The summed E-state index contributed by atoms with van der Waals surface area (Å²) in [5.74, 6) is -0.0610. The van der Waals surface area contributed by atoms with Crippen LogP contribution < -0.4 is 16.2 Å². The molecule has 0 saturated heterocycles. The van der Waals surface area contributed by atoms with Crippen LogP contribution in [0.25, 0.3) is 0 Å². The van der Waals surface area contributed by atoms with E-state index >= 15 is 0 Å². The second kappa shape index (κ2) is 6.80. The van der Waals surface area contributed by atoms with E-state index in [0.29, 0.717) is 36.8 Å². The number of carboxylic acids is 1. The Hall–Kier alpha value is -2.87. The van der Waals surface area contributed by atoms with E-state index in [9.17, 15) is 9.90 Å². The van der Waals surface area contributed by atoms with Crippen LogP contribution in [0.15, 0.2) is 24.3 Å². The Morgan fingerprint density at radius 1 is 1.35 bits per heavy atom. The maximum atomic E-state index is 11.4. The highest BCUT2D eigenvalue weighted by Gasteiger charge is 2.39. The third-order valence-corrected chi connectivity index (χ3v) is 4.56. The van der Waals surface area contributed by atoms with Crippen molar-refractivity contribution in [2.45, 2.75) is 32.4 Å². The molecule has 2 aromatic rings. The van der Waals surface area contributed by atoms with Gasteiger partial charge < -0.3 is 21.3 Å². The molecule has 0 saturated carbocycles. The van der Waals surface area contributed by atoms with Crippen molar-refractivity contribution in [3.8, 4) is 5.88 Å². The Kier molecular flexibility index (Phi) is 4.69. The van der Waals surface area contributed by atoms with Crippen molar-refractivity contribution in [2.24, 2.45) is 0 Å². The highest BCUT2D eigenvalue weighted by Crippen LogP contribution is 2.37. The van der Waals surface area contributed by atoms with Gasteiger partial charge in [0.15, 0.2) is 0 Å². The standard InChI is InChI=1S/C18H23N5O3/c1-3-23(9-11-6-4-5-7-12(11)16(24)25)10-18(2)8-13-14(19)21-17(20)22-15(13)26-18/h4-7H,3,8-10H2,1-2H3,(H,24,25)(H4,19,20,21,22). The number of rotatable bonds is 6. The summed E-state index contributed by atoms with van der Waals surface area (Å²) in [4.78, 5) is 21.7. The number of nitrogens with zero attached hydrogens (tertiary/aromatic N) is 3. The number of hydrogen-bond acceptors (Lipinski definition) is 7. The van der Waals surface area contributed by atoms with Gasteiger partial charge in [0.05, 0.1) is 11.1 Å². The Morgan fingerprint density at radius 3 is 2.77 bits per heavy atom. The fourth-order valence-electron chi connectivity index (χ4n) is 3.34. The zero-order valence-electron chi connectivity index (χ0n) is 14.9. The van der Waals surface area contributed by atoms with Crippen molar-refractivity contribution in [3.05, 3.63) is 41.0 Å². The second-order valence-electron chi connectivity index (χ2n) is 6.75. The Bertz CT molecular complexity index is 842. The molecule has 0 radical (unpaired) electrons. The third-order valence-electron chi connectivity index (χ3n) is 4.56. The van der Waals surface area contributed by atoms with E-state index in [0.717, 1.165) is 17.7 Å². The number of likely N-dealkylation sites (N-methyl/N-ethyl adjacent to an activating group) is 1. The average Bonchev–Trinajstić information content (AvgIpc) is 2.91. The van der Waals surface area contributed by atoms with Gasteiger partial charge >= 0.3 is 5.97 Å². The molecule has 5 N–H and O–H groups in total. The van der Waals surface area contributed by atoms with Crippen molar-refractivity contribution in [1.82, 2.24) is 14.9 Å². The molecule has 8 heteroatoms. The van der Waals surface area contributed by atoms with Crippen LogP contribution in [0.3, 0.4) is 0 Å². The number of aromatic carboxylic acids is 1. The molecule has 1 atom stereocenters. The highest BCUT2D eigenvalue weighted by molar-refractivity contribution is 5.89. The van der Waals surface area contributed by atoms with Gasteiger partial charge in [0.1, 0.15) is 11.4 Å². The van der Waals surface area contributed by atoms with Crippen LogP contribution in [0.4, 0.5) is 11.8 Å². The fourth-order valence-corrected chi connectivity index (χ4v) is 3.34. The maximum absolute atomic E-state index is 11.4. The summed E-state index contributed by atoms with van der Waals surface area (Å²) in [6.07, 6.45) is 0.575. The number of nitrogen functional groups attached to an aromatic ring is 2. The molecule has 2 heterocycles. The summed E-state index contributed by atoms with van der Waals surface area (Å²) < 4.78 is 6.03. The van der Waals surface area contributed by atoms with Gasteiger partial charge in [-0.05, 0) is 25.1 Å². The van der Waals surface area contributed by atoms with Gasteiger partial charge in [-0.1, -0.05) is 25.1 Å². The van der Waals surface area contributed by atoms with E-state index in [4.69, 9.17) is 16.2 Å². The van der Waals surface area contributed by atoms with E-state index in [1.165, 1.54) is 0 Å². The van der Waals surface area contributed by atoms with Gasteiger partial charge in [0, 0.05) is 19.5 Å². The summed E-state index contributed by atoms with van der Waals surface area (Å²) >= 11 is 0. The number of carboxylic acid groups (broad SMARTS) is 1. The number of fused-ring (bicyclic) bond motifs is 1. The number of aromatic nitrogens is 2. The first kappa shape index (κ1) is 17.9. The minimum Gasteiger partial charge on any atom is -0.478 e. The molecule has 26 heavy (non-hydrogen) atoms. The van der Waals surface area contributed by atoms with E-state index in [1.807, 2.05) is 26.0 Å². The summed E-state index contributed by atoms with van der Waals surface area (Å²) in [5.41, 5.74) is 12.9. The van der Waals surface area contributed by atoms with Gasteiger partial charge in [0.25, 0.3) is 0 Å². The molecule has 1 unspecified atom stereocenters. The second-order valence-corrected chi connectivity index (χ2v) is 6.75. The van der Waals surface area contributed by atoms with Crippen LogP contribution in [0.1, 0.15) is 35.3 Å². The molecule has 1 aliphatic rings. The van der Waals surface area contributed by atoms with E-state index in [1.54, 1.807) is 12.1 Å². The summed E-state index contributed by atoms with van der Waals surface area (Å²) in [6.45, 7) is 5.86. The first-order chi connectivity index (χ1) is 12.3. The first-order valence-electron chi connectivity index (χ1n) is 8.46. The topological polar surface area (TPSA) is 128 Å². The van der Waals surface area contributed by atoms with Gasteiger partial charge in [-0.2, -0.15) is 9.97 Å². The van der Waals surface area contributed by atoms with Crippen LogP contribution >= 0.6 is 0 Å². The lowest BCUT2D eigenvalue weighted by molar-refractivity contribution is 0.0586. The SMILES string of the molecule is CCN(Cc1ccccc1C(=O)O)CC1(C)Cc2c(N)nc(N)nc2O1. The maximum Gasteiger partial charge on any atom is 0.336 e. The lowest BCUT2D eigenvalue weighted by Gasteiger charge is -2.31. The molecule has 0 spiro atoms. The molecule has 1 aliphatic heterocycles. The van der Waals surface area contributed by atoms with Crippen LogP contribution in [-0.4, -0.2) is 44.6 Å². The van der Waals surface area contributed by atoms with Crippen molar-refractivity contribution in [3.63, 3.8) is 0 Å². The predicted octanol–water partition coefficient (Wildman–Crippen LogP) is 1.55. The quantitative estimate of drug-likeness (QED) is 0.710. The average molecular weight is 357 g/mol. The molecule has 8 nitrogen and oxygen atoms in total. The normalized spacial score (nSPS) is 18.6. The van der Waals surface area contributed by atoms with Crippen molar-refractivity contribution in [1.29, 1.82) is 0 Å². The molecule has 0 aliphatic carbocycles. The van der Waals surface area contributed by atoms with Crippen LogP contribution in [0, 0.1) is 0 Å². The van der Waals surface area contributed by atoms with E-state index in [2.05, 4.69) is 14.9 Å². The number of anilines is 2. The van der Waals surface area contributed by atoms with Gasteiger partial charge in [-0.15, -0.1) is 0 Å². The molecular formula is C18H23N5O3. The van der Waals surface area contributed by atoms with Crippen LogP contribution in [0.5, 0.6) is 5.88 Å². The molecular weight excluding hydrogens is 334 g/mol. The van der Waals surface area contributed by atoms with Crippen LogP contribution in [0.2, 0.25) is 0 Å². The molecule has 3 rings (SSSR count). The lowest BCUT2D eigenvalue weighted by Crippen LogP contribution is -2.44. The monoisotopic (exact) mass is 357 g/mol. The largest absolute Gasteiger partial charge is 0.478 e. The van der Waals surface area contributed by atoms with Gasteiger partial charge in [-0.25, -0.2) is 4.79 Å². The first-order valence-corrected chi connectivity index (χ1v) is 8.46. The Morgan fingerprint density at radius 2 is 2.08 bits per heavy atom. The summed E-state index contributed by atoms with van der Waals surface area (Å²) in [5, 5.41) is 9.38. The minimum atomic E-state index is -0.925. The summed E-state index contributed by atoms with van der Waals surface area (Å²) in [7, 11) is 0. The Labute approximate surface area is 151 Å². The van der Waals surface area contributed by atoms with Gasteiger partial charge in [-0.3, -0.25) is 4.90 Å². The predicted molar refractivity (Wildman–Crippen MR) is 97.9 cm³/mol. The van der Waals surface area contributed by atoms with E-state index in [-0.39, 0.29) is 5.95 Å². The van der Waals surface area contributed by atoms with Crippen molar-refractivity contribution >= 4 is 17.7 Å². The number of benzene rings is 1. The zero-order chi connectivity index (χ0) is 18.9. The van der Waals surface area contributed by atoms with Crippen LogP contribution in [-0.2, 0) is 13.0 Å². The molecule has 0 bridgehead atoms.